The van der Waals surface area contributed by atoms with Crippen LogP contribution in [0.1, 0.15) is 24.5 Å². The van der Waals surface area contributed by atoms with E-state index >= 15 is 0 Å². The smallest absolute Gasteiger partial charge is 0.118 e. The number of anilines is 1. The zero-order valence-electron chi connectivity index (χ0n) is 12.8. The molecule has 0 saturated carbocycles. The van der Waals surface area contributed by atoms with E-state index < -0.39 is 0 Å². The first kappa shape index (κ1) is 15.9. The third kappa shape index (κ3) is 4.50. The highest BCUT2D eigenvalue weighted by Crippen LogP contribution is 2.24. The molecule has 112 valence electrons. The Kier molecular flexibility index (Phi) is 5.68. The summed E-state index contributed by atoms with van der Waals surface area (Å²) in [5, 5.41) is 3.59. The van der Waals surface area contributed by atoms with Gasteiger partial charge in [-0.1, -0.05) is 34.1 Å². The van der Waals surface area contributed by atoms with E-state index in [0.29, 0.717) is 6.04 Å². The second-order valence-electron chi connectivity index (χ2n) is 5.34. The lowest BCUT2D eigenvalue weighted by Crippen LogP contribution is -2.16. The van der Waals surface area contributed by atoms with Crippen LogP contribution in [0.4, 0.5) is 5.69 Å². The molecule has 0 spiro atoms. The second-order valence-corrected chi connectivity index (χ2v) is 6.20. The molecule has 0 aromatic heterocycles. The summed E-state index contributed by atoms with van der Waals surface area (Å²) in [6.45, 7) is 4.35. The molecule has 0 radical (unpaired) electrons. The van der Waals surface area contributed by atoms with Crippen molar-refractivity contribution < 1.29 is 4.74 Å². The van der Waals surface area contributed by atoms with E-state index in [4.69, 9.17) is 4.74 Å². The molecule has 0 heterocycles. The Morgan fingerprint density at radius 1 is 1.14 bits per heavy atom. The Labute approximate surface area is 135 Å². The average Bonchev–Trinajstić information content (AvgIpc) is 2.50. The summed E-state index contributed by atoms with van der Waals surface area (Å²) >= 11 is 3.57. The molecular formula is C18H22BrNO. The van der Waals surface area contributed by atoms with Gasteiger partial charge < -0.3 is 10.1 Å². The molecule has 3 heteroatoms. The number of benzene rings is 2. The summed E-state index contributed by atoms with van der Waals surface area (Å²) in [6.07, 6.45) is 2.16. The summed E-state index contributed by atoms with van der Waals surface area (Å²) in [5.41, 5.74) is 3.80. The minimum Gasteiger partial charge on any atom is -0.497 e. The fourth-order valence-corrected chi connectivity index (χ4v) is 2.64. The number of aryl methyl sites for hydroxylation is 1. The highest BCUT2D eigenvalue weighted by atomic mass is 79.9. The van der Waals surface area contributed by atoms with Crippen molar-refractivity contribution in [1.29, 1.82) is 0 Å². The Morgan fingerprint density at radius 3 is 2.52 bits per heavy atom. The molecule has 1 N–H and O–H groups in total. The van der Waals surface area contributed by atoms with Crippen molar-refractivity contribution in [2.24, 2.45) is 0 Å². The molecule has 2 rings (SSSR count). The average molecular weight is 348 g/mol. The van der Waals surface area contributed by atoms with Crippen LogP contribution in [-0.4, -0.2) is 13.2 Å². The van der Waals surface area contributed by atoms with Crippen LogP contribution >= 0.6 is 15.9 Å². The van der Waals surface area contributed by atoms with Crippen molar-refractivity contribution in [3.05, 3.63) is 58.1 Å². The molecule has 1 atom stereocenters. The maximum Gasteiger partial charge on any atom is 0.118 e. The van der Waals surface area contributed by atoms with Gasteiger partial charge in [0.25, 0.3) is 0 Å². The van der Waals surface area contributed by atoms with Crippen molar-refractivity contribution in [2.45, 2.75) is 32.7 Å². The van der Waals surface area contributed by atoms with Gasteiger partial charge in [0.15, 0.2) is 0 Å². The van der Waals surface area contributed by atoms with E-state index in [9.17, 15) is 0 Å². The van der Waals surface area contributed by atoms with E-state index in [1.165, 1.54) is 16.8 Å². The Balaban J connectivity index is 1.89. The molecule has 1 unspecified atom stereocenters. The third-order valence-corrected chi connectivity index (χ3v) is 4.55. The van der Waals surface area contributed by atoms with Crippen LogP contribution < -0.4 is 10.1 Å². The van der Waals surface area contributed by atoms with E-state index in [1.807, 2.05) is 12.1 Å². The van der Waals surface area contributed by atoms with E-state index in [-0.39, 0.29) is 0 Å². The topological polar surface area (TPSA) is 21.3 Å². The molecule has 0 aliphatic carbocycles. The largest absolute Gasteiger partial charge is 0.497 e. The molecule has 2 nitrogen and oxygen atoms in total. The molecule has 0 bridgehead atoms. The first-order valence-corrected chi connectivity index (χ1v) is 8.04. The molecule has 0 aliphatic rings. The highest BCUT2D eigenvalue weighted by Gasteiger charge is 2.06. The Morgan fingerprint density at radius 2 is 1.86 bits per heavy atom. The normalized spacial score (nSPS) is 12.0. The van der Waals surface area contributed by atoms with E-state index in [2.05, 4.69) is 65.4 Å². The quantitative estimate of drug-likeness (QED) is 0.775. The third-order valence-electron chi connectivity index (χ3n) is 3.69. The van der Waals surface area contributed by atoms with Crippen molar-refractivity contribution in [1.82, 2.24) is 0 Å². The Hall–Kier alpha value is -1.48. The van der Waals surface area contributed by atoms with Crippen molar-refractivity contribution in [2.75, 3.05) is 12.4 Å². The fourth-order valence-electron chi connectivity index (χ4n) is 2.28. The molecule has 2 aromatic carbocycles. The van der Waals surface area contributed by atoms with Gasteiger partial charge in [-0.05, 0) is 62.1 Å². The highest BCUT2D eigenvalue weighted by molar-refractivity contribution is 9.10. The maximum absolute atomic E-state index is 5.18. The van der Waals surface area contributed by atoms with E-state index in [0.717, 1.165) is 23.1 Å². The minimum absolute atomic E-state index is 0.431. The van der Waals surface area contributed by atoms with Gasteiger partial charge in [-0.2, -0.15) is 0 Å². The molecule has 0 saturated heterocycles. The molecular weight excluding hydrogens is 326 g/mol. The molecule has 2 aromatic rings. The van der Waals surface area contributed by atoms with Gasteiger partial charge in [-0.3, -0.25) is 0 Å². The Bertz CT molecular complexity index is 580. The van der Waals surface area contributed by atoms with E-state index in [1.54, 1.807) is 7.11 Å². The number of hydrogen-bond donors (Lipinski definition) is 1. The summed E-state index contributed by atoms with van der Waals surface area (Å²) in [4.78, 5) is 0. The van der Waals surface area contributed by atoms with Crippen molar-refractivity contribution in [3.63, 3.8) is 0 Å². The van der Waals surface area contributed by atoms with Crippen molar-refractivity contribution in [3.8, 4) is 5.75 Å². The number of methoxy groups -OCH3 is 1. The van der Waals surface area contributed by atoms with Gasteiger partial charge in [0.1, 0.15) is 5.75 Å². The van der Waals surface area contributed by atoms with Gasteiger partial charge in [-0.25, -0.2) is 0 Å². The summed E-state index contributed by atoms with van der Waals surface area (Å²) in [5.74, 6) is 0.912. The van der Waals surface area contributed by atoms with Crippen LogP contribution in [0.5, 0.6) is 5.75 Å². The van der Waals surface area contributed by atoms with Gasteiger partial charge in [0.05, 0.1) is 7.11 Å². The standard InChI is InChI=1S/C18H22BrNO/c1-13(20-18-6-4-5-17(19)14(18)2)7-8-15-9-11-16(21-3)12-10-15/h4-6,9-13,20H,7-8H2,1-3H3. The SMILES string of the molecule is COc1ccc(CCC(C)Nc2cccc(Br)c2C)cc1. The molecule has 0 aliphatic heterocycles. The lowest BCUT2D eigenvalue weighted by Gasteiger charge is -2.17. The summed E-state index contributed by atoms with van der Waals surface area (Å²) < 4.78 is 6.33. The molecule has 21 heavy (non-hydrogen) atoms. The maximum atomic E-state index is 5.18. The van der Waals surface area contributed by atoms with Crippen LogP contribution in [0.15, 0.2) is 46.9 Å². The lowest BCUT2D eigenvalue weighted by atomic mass is 10.1. The number of rotatable bonds is 6. The summed E-state index contributed by atoms with van der Waals surface area (Å²) in [7, 11) is 1.70. The van der Waals surface area contributed by atoms with Crippen LogP contribution in [-0.2, 0) is 6.42 Å². The predicted octanol–water partition coefficient (Wildman–Crippen LogP) is 5.20. The van der Waals surface area contributed by atoms with Crippen molar-refractivity contribution >= 4 is 21.6 Å². The number of halogens is 1. The van der Waals surface area contributed by atoms with Gasteiger partial charge in [-0.15, -0.1) is 0 Å². The first-order chi connectivity index (χ1) is 10.1. The fraction of sp³-hybridized carbons (Fsp3) is 0.333. The van der Waals surface area contributed by atoms with Crippen LogP contribution in [0.2, 0.25) is 0 Å². The lowest BCUT2D eigenvalue weighted by molar-refractivity contribution is 0.414. The predicted molar refractivity (Wildman–Crippen MR) is 93.3 cm³/mol. The zero-order chi connectivity index (χ0) is 15.2. The van der Waals surface area contributed by atoms with Crippen LogP contribution in [0, 0.1) is 6.92 Å². The first-order valence-electron chi connectivity index (χ1n) is 7.24. The molecule has 0 amide bonds. The number of ether oxygens (including phenoxy) is 1. The molecule has 0 fully saturated rings. The zero-order valence-corrected chi connectivity index (χ0v) is 14.4. The van der Waals surface area contributed by atoms with Crippen LogP contribution in [0.25, 0.3) is 0 Å². The van der Waals surface area contributed by atoms with Gasteiger partial charge in [0.2, 0.25) is 0 Å². The number of nitrogens with one attached hydrogen (secondary N) is 1. The minimum atomic E-state index is 0.431. The summed E-state index contributed by atoms with van der Waals surface area (Å²) in [6, 6.07) is 15.0. The monoisotopic (exact) mass is 347 g/mol. The van der Waals surface area contributed by atoms with Gasteiger partial charge in [0, 0.05) is 16.2 Å². The van der Waals surface area contributed by atoms with Crippen LogP contribution in [0.3, 0.4) is 0 Å². The number of hydrogen-bond acceptors (Lipinski definition) is 2. The second kappa shape index (κ2) is 7.51. The van der Waals surface area contributed by atoms with Gasteiger partial charge >= 0.3 is 0 Å².